The van der Waals surface area contributed by atoms with E-state index in [0.717, 1.165) is 31.8 Å². The Morgan fingerprint density at radius 2 is 2.00 bits per heavy atom. The van der Waals surface area contributed by atoms with Crippen molar-refractivity contribution in [3.05, 3.63) is 35.9 Å². The second-order valence-corrected chi connectivity index (χ2v) is 7.28. The lowest BCUT2D eigenvalue weighted by molar-refractivity contribution is -0.00977. The number of nitrogens with one attached hydrogen (secondary N) is 1. The van der Waals surface area contributed by atoms with Gasteiger partial charge in [-0.3, -0.25) is 0 Å². The molecule has 1 aromatic rings. The zero-order valence-electron chi connectivity index (χ0n) is 12.7. The molecule has 0 amide bonds. The predicted molar refractivity (Wildman–Crippen MR) is 82.3 cm³/mol. The molecule has 2 N–H and O–H groups in total. The molecule has 110 valence electrons. The van der Waals surface area contributed by atoms with Crippen LogP contribution in [0, 0.1) is 16.7 Å². The van der Waals surface area contributed by atoms with Crippen molar-refractivity contribution in [2.75, 3.05) is 6.54 Å². The molecule has 0 saturated heterocycles. The third-order valence-corrected chi connectivity index (χ3v) is 6.31. The highest BCUT2D eigenvalue weighted by molar-refractivity contribution is 5.15. The highest BCUT2D eigenvalue weighted by Gasteiger charge is 2.62. The largest absolute Gasteiger partial charge is 0.393 e. The van der Waals surface area contributed by atoms with Gasteiger partial charge in [0, 0.05) is 12.0 Å². The molecule has 20 heavy (non-hydrogen) atoms. The zero-order valence-corrected chi connectivity index (χ0v) is 12.7. The first-order valence-electron chi connectivity index (χ1n) is 7.99. The van der Waals surface area contributed by atoms with Crippen LogP contribution in [0.15, 0.2) is 30.3 Å². The van der Waals surface area contributed by atoms with Crippen molar-refractivity contribution in [2.45, 2.75) is 52.2 Å². The van der Waals surface area contributed by atoms with E-state index < -0.39 is 0 Å². The van der Waals surface area contributed by atoms with Crippen molar-refractivity contribution < 1.29 is 5.11 Å². The summed E-state index contributed by atoms with van der Waals surface area (Å²) in [5, 5.41) is 14.0. The summed E-state index contributed by atoms with van der Waals surface area (Å²) in [6.45, 7) is 6.68. The van der Waals surface area contributed by atoms with Crippen LogP contribution in [0.3, 0.4) is 0 Å². The predicted octanol–water partition coefficient (Wildman–Crippen LogP) is 3.35. The van der Waals surface area contributed by atoms with Crippen molar-refractivity contribution in [2.24, 2.45) is 16.7 Å². The minimum atomic E-state index is -0.0882. The molecule has 0 aromatic heterocycles. The lowest BCUT2D eigenvalue weighted by atomic mass is 9.66. The molecule has 2 nitrogen and oxygen atoms in total. The topological polar surface area (TPSA) is 32.3 Å². The van der Waals surface area contributed by atoms with Gasteiger partial charge in [-0.25, -0.2) is 0 Å². The van der Waals surface area contributed by atoms with E-state index >= 15 is 0 Å². The Kier molecular flexibility index (Phi) is 3.64. The van der Waals surface area contributed by atoms with Crippen LogP contribution < -0.4 is 5.32 Å². The summed E-state index contributed by atoms with van der Waals surface area (Å²) in [6.07, 6.45) is 4.55. The maximum absolute atomic E-state index is 10.5. The van der Waals surface area contributed by atoms with E-state index in [1.54, 1.807) is 0 Å². The monoisotopic (exact) mass is 273 g/mol. The highest BCUT2D eigenvalue weighted by atomic mass is 16.3. The Hall–Kier alpha value is -0.860. The quantitative estimate of drug-likeness (QED) is 0.806. The fourth-order valence-electron chi connectivity index (χ4n) is 4.78. The summed E-state index contributed by atoms with van der Waals surface area (Å²) in [5.41, 5.74) is 1.79. The second kappa shape index (κ2) is 5.16. The lowest BCUT2D eigenvalue weighted by Crippen LogP contribution is -2.41. The first-order chi connectivity index (χ1) is 9.56. The average molecular weight is 273 g/mol. The molecule has 0 heterocycles. The molecule has 2 aliphatic carbocycles. The van der Waals surface area contributed by atoms with Gasteiger partial charge in [0.25, 0.3) is 0 Å². The number of hydrogen-bond donors (Lipinski definition) is 2. The summed E-state index contributed by atoms with van der Waals surface area (Å²) in [4.78, 5) is 0. The van der Waals surface area contributed by atoms with Gasteiger partial charge in [0.1, 0.15) is 0 Å². The van der Waals surface area contributed by atoms with Crippen LogP contribution in [0.2, 0.25) is 0 Å². The van der Waals surface area contributed by atoms with Crippen LogP contribution in [0.5, 0.6) is 0 Å². The molecule has 2 saturated carbocycles. The first-order valence-corrected chi connectivity index (χ1v) is 7.99. The van der Waals surface area contributed by atoms with Crippen LogP contribution in [-0.4, -0.2) is 17.8 Å². The maximum atomic E-state index is 10.5. The van der Waals surface area contributed by atoms with Crippen molar-refractivity contribution in [3.63, 3.8) is 0 Å². The van der Waals surface area contributed by atoms with E-state index in [9.17, 15) is 5.11 Å². The third-order valence-electron chi connectivity index (χ3n) is 6.31. The molecule has 2 aliphatic rings. The molecule has 3 rings (SSSR count). The summed E-state index contributed by atoms with van der Waals surface area (Å²) in [5.74, 6) is 0.728. The SMILES string of the molecule is CC1(C)[C@@H]2CC[C@]1(CCNCc1ccccc1)[C@H](O)C2. The van der Waals surface area contributed by atoms with Gasteiger partial charge in [0.05, 0.1) is 6.10 Å². The molecule has 0 unspecified atom stereocenters. The summed E-state index contributed by atoms with van der Waals surface area (Å²) in [6, 6.07) is 10.5. The number of aliphatic hydroxyl groups excluding tert-OH is 1. The van der Waals surface area contributed by atoms with Gasteiger partial charge < -0.3 is 10.4 Å². The number of rotatable bonds is 5. The number of benzene rings is 1. The van der Waals surface area contributed by atoms with E-state index in [1.807, 2.05) is 0 Å². The molecule has 2 fully saturated rings. The Bertz CT molecular complexity index is 456. The minimum absolute atomic E-state index is 0.0882. The fourth-order valence-corrected chi connectivity index (χ4v) is 4.78. The number of hydrogen-bond acceptors (Lipinski definition) is 2. The van der Waals surface area contributed by atoms with Crippen molar-refractivity contribution >= 4 is 0 Å². The van der Waals surface area contributed by atoms with Crippen LogP contribution in [0.1, 0.15) is 45.1 Å². The molecular weight excluding hydrogens is 246 g/mol. The van der Waals surface area contributed by atoms with E-state index in [-0.39, 0.29) is 11.5 Å². The van der Waals surface area contributed by atoms with Crippen LogP contribution in [-0.2, 0) is 6.54 Å². The van der Waals surface area contributed by atoms with E-state index in [4.69, 9.17) is 0 Å². The van der Waals surface area contributed by atoms with E-state index in [1.165, 1.54) is 18.4 Å². The minimum Gasteiger partial charge on any atom is -0.393 e. The Labute approximate surface area is 122 Å². The molecule has 0 aliphatic heterocycles. The standard InChI is InChI=1S/C18H27NO/c1-17(2)15-8-9-18(17,16(20)12-15)10-11-19-13-14-6-4-3-5-7-14/h3-7,15-16,19-20H,8-13H2,1-2H3/t15-,16-,18+/m1/s1. The van der Waals surface area contributed by atoms with Gasteiger partial charge in [-0.05, 0) is 49.1 Å². The highest BCUT2D eigenvalue weighted by Crippen LogP contribution is 2.67. The molecule has 0 spiro atoms. The molecular formula is C18H27NO. The first kappa shape index (κ1) is 14.1. The van der Waals surface area contributed by atoms with Gasteiger partial charge >= 0.3 is 0 Å². The fraction of sp³-hybridized carbons (Fsp3) is 0.667. The smallest absolute Gasteiger partial charge is 0.0605 e. The molecule has 3 atom stereocenters. The summed E-state index contributed by atoms with van der Waals surface area (Å²) in [7, 11) is 0. The van der Waals surface area contributed by atoms with Crippen LogP contribution in [0.25, 0.3) is 0 Å². The van der Waals surface area contributed by atoms with Crippen LogP contribution in [0.4, 0.5) is 0 Å². The van der Waals surface area contributed by atoms with Gasteiger partial charge in [-0.1, -0.05) is 44.2 Å². The van der Waals surface area contributed by atoms with Gasteiger partial charge in [-0.15, -0.1) is 0 Å². The van der Waals surface area contributed by atoms with Gasteiger partial charge in [-0.2, -0.15) is 0 Å². The van der Waals surface area contributed by atoms with Gasteiger partial charge in [0.2, 0.25) is 0 Å². The van der Waals surface area contributed by atoms with Crippen molar-refractivity contribution in [3.8, 4) is 0 Å². The van der Waals surface area contributed by atoms with Crippen molar-refractivity contribution in [1.29, 1.82) is 0 Å². The normalized spacial score (nSPS) is 34.5. The molecule has 0 radical (unpaired) electrons. The van der Waals surface area contributed by atoms with E-state index in [0.29, 0.717) is 5.41 Å². The van der Waals surface area contributed by atoms with Crippen molar-refractivity contribution in [1.82, 2.24) is 5.32 Å². The molecule has 1 aromatic carbocycles. The Morgan fingerprint density at radius 1 is 1.25 bits per heavy atom. The molecule has 2 heteroatoms. The maximum Gasteiger partial charge on any atom is 0.0605 e. The lowest BCUT2D eigenvalue weighted by Gasteiger charge is -2.40. The Balaban J connectivity index is 1.56. The van der Waals surface area contributed by atoms with Gasteiger partial charge in [0.15, 0.2) is 0 Å². The zero-order chi connectivity index (χ0) is 14.2. The second-order valence-electron chi connectivity index (χ2n) is 7.28. The average Bonchev–Trinajstić information content (AvgIpc) is 2.79. The molecule has 2 bridgehead atoms. The number of aliphatic hydroxyl groups is 1. The van der Waals surface area contributed by atoms with Crippen LogP contribution >= 0.6 is 0 Å². The summed E-state index contributed by atoms with van der Waals surface area (Å²) >= 11 is 0. The summed E-state index contributed by atoms with van der Waals surface area (Å²) < 4.78 is 0. The Morgan fingerprint density at radius 3 is 2.60 bits per heavy atom. The third kappa shape index (κ3) is 2.10. The number of fused-ring (bicyclic) bond motifs is 2. The van der Waals surface area contributed by atoms with E-state index in [2.05, 4.69) is 49.5 Å².